The molecule has 4 nitrogen and oxygen atoms in total. The molecule has 4 heteroatoms. The van der Waals surface area contributed by atoms with Crippen molar-refractivity contribution in [2.75, 3.05) is 0 Å². The average Bonchev–Trinajstić information content (AvgIpc) is 2.56. The van der Waals surface area contributed by atoms with Crippen LogP contribution < -0.4 is 0 Å². The lowest BCUT2D eigenvalue weighted by Crippen LogP contribution is -2.02. The minimum absolute atomic E-state index is 0.635. The molecule has 2 heterocycles. The minimum Gasteiger partial charge on any atom is -0.237 e. The van der Waals surface area contributed by atoms with Crippen molar-refractivity contribution < 1.29 is 0 Å². The van der Waals surface area contributed by atoms with Gasteiger partial charge in [-0.2, -0.15) is 10.4 Å². The summed E-state index contributed by atoms with van der Waals surface area (Å²) in [4.78, 5) is 4.24. The van der Waals surface area contributed by atoms with E-state index in [-0.39, 0.29) is 0 Å². The van der Waals surface area contributed by atoms with E-state index in [4.69, 9.17) is 5.26 Å². The molecule has 0 amide bonds. The second-order valence-corrected chi connectivity index (χ2v) is 3.53. The summed E-state index contributed by atoms with van der Waals surface area (Å²) in [5, 5.41) is 13.3. The zero-order chi connectivity index (χ0) is 10.8. The van der Waals surface area contributed by atoms with Gasteiger partial charge in [-0.3, -0.25) is 0 Å². The zero-order valence-corrected chi connectivity index (χ0v) is 8.86. The van der Waals surface area contributed by atoms with Gasteiger partial charge < -0.3 is 0 Å². The summed E-state index contributed by atoms with van der Waals surface area (Å²) in [6.07, 6.45) is 3.62. The smallest absolute Gasteiger partial charge is 0.149 e. The Balaban J connectivity index is 2.63. The van der Waals surface area contributed by atoms with Crippen LogP contribution in [0.2, 0.25) is 0 Å². The summed E-state index contributed by atoms with van der Waals surface area (Å²) in [5.74, 6) is 0.827. The number of fused-ring (bicyclic) bond motifs is 1. The third kappa shape index (κ3) is 1.57. The molecule has 0 radical (unpaired) electrons. The van der Waals surface area contributed by atoms with Crippen LogP contribution in [-0.4, -0.2) is 14.6 Å². The molecule has 15 heavy (non-hydrogen) atoms. The molecule has 0 unspecified atom stereocenters. The zero-order valence-electron chi connectivity index (χ0n) is 8.86. The van der Waals surface area contributed by atoms with Gasteiger partial charge in [0.05, 0.1) is 11.8 Å². The second kappa shape index (κ2) is 3.70. The predicted molar refractivity (Wildman–Crippen MR) is 56.4 cm³/mol. The summed E-state index contributed by atoms with van der Waals surface area (Å²) in [6.45, 7) is 4.04. The molecule has 0 aliphatic carbocycles. The average molecular weight is 200 g/mol. The fraction of sp³-hybridized carbons (Fsp3) is 0.364. The molecule has 2 aromatic heterocycles. The fourth-order valence-corrected chi connectivity index (χ4v) is 1.61. The molecular weight excluding hydrogens is 188 g/mol. The highest BCUT2D eigenvalue weighted by atomic mass is 15.3. The molecule has 0 aliphatic heterocycles. The Labute approximate surface area is 88.2 Å². The number of rotatable bonds is 2. The Morgan fingerprint density at radius 1 is 1.53 bits per heavy atom. The number of nitrogens with zero attached hydrogens (tertiary/aromatic N) is 4. The molecule has 0 atom stereocenters. The van der Waals surface area contributed by atoms with Crippen molar-refractivity contribution in [3.63, 3.8) is 0 Å². The van der Waals surface area contributed by atoms with Crippen LogP contribution in [0, 0.1) is 18.3 Å². The normalized spacial score (nSPS) is 10.5. The number of hydrogen-bond acceptors (Lipinski definition) is 3. The van der Waals surface area contributed by atoms with Crippen LogP contribution in [0.3, 0.4) is 0 Å². The summed E-state index contributed by atoms with van der Waals surface area (Å²) < 4.78 is 1.79. The number of aryl methyl sites for hydroxylation is 2. The first-order chi connectivity index (χ1) is 7.26. The van der Waals surface area contributed by atoms with Gasteiger partial charge in [0.1, 0.15) is 17.4 Å². The van der Waals surface area contributed by atoms with E-state index in [0.717, 1.165) is 29.9 Å². The Bertz CT molecular complexity index is 533. The van der Waals surface area contributed by atoms with E-state index in [1.165, 1.54) is 0 Å². The second-order valence-electron chi connectivity index (χ2n) is 3.53. The largest absolute Gasteiger partial charge is 0.237 e. The molecular formula is C11H12N4. The van der Waals surface area contributed by atoms with E-state index < -0.39 is 0 Å². The predicted octanol–water partition coefficient (Wildman–Crippen LogP) is 1.86. The van der Waals surface area contributed by atoms with Crippen LogP contribution in [-0.2, 0) is 6.42 Å². The summed E-state index contributed by atoms with van der Waals surface area (Å²) >= 11 is 0. The van der Waals surface area contributed by atoms with E-state index in [9.17, 15) is 0 Å². The van der Waals surface area contributed by atoms with Crippen LogP contribution >= 0.6 is 0 Å². The minimum atomic E-state index is 0.635. The van der Waals surface area contributed by atoms with Crippen molar-refractivity contribution in [3.05, 3.63) is 29.3 Å². The maximum atomic E-state index is 8.90. The molecule has 0 bridgehead atoms. The maximum Gasteiger partial charge on any atom is 0.149 e. The highest BCUT2D eigenvalue weighted by Crippen LogP contribution is 2.13. The molecule has 0 spiro atoms. The van der Waals surface area contributed by atoms with Crippen LogP contribution in [0.15, 0.2) is 12.3 Å². The van der Waals surface area contributed by atoms with E-state index in [1.807, 2.05) is 13.0 Å². The van der Waals surface area contributed by atoms with Gasteiger partial charge in [0, 0.05) is 12.1 Å². The lowest BCUT2D eigenvalue weighted by Gasteiger charge is -2.00. The topological polar surface area (TPSA) is 54.0 Å². The van der Waals surface area contributed by atoms with Gasteiger partial charge in [0.25, 0.3) is 0 Å². The van der Waals surface area contributed by atoms with Gasteiger partial charge in [-0.05, 0) is 19.4 Å². The molecule has 0 fully saturated rings. The molecule has 2 aromatic rings. The quantitative estimate of drug-likeness (QED) is 0.743. The van der Waals surface area contributed by atoms with Gasteiger partial charge in [0.2, 0.25) is 0 Å². The number of hydrogen-bond donors (Lipinski definition) is 0. The third-order valence-electron chi connectivity index (χ3n) is 2.34. The van der Waals surface area contributed by atoms with Crippen molar-refractivity contribution in [1.29, 1.82) is 5.26 Å². The molecule has 0 saturated heterocycles. The highest BCUT2D eigenvalue weighted by Gasteiger charge is 2.07. The molecule has 76 valence electrons. The van der Waals surface area contributed by atoms with Gasteiger partial charge in [-0.1, -0.05) is 6.92 Å². The Morgan fingerprint density at radius 2 is 2.33 bits per heavy atom. The van der Waals surface area contributed by atoms with E-state index in [2.05, 4.69) is 23.1 Å². The first kappa shape index (κ1) is 9.66. The van der Waals surface area contributed by atoms with Crippen LogP contribution in [0.5, 0.6) is 0 Å². The molecule has 2 rings (SSSR count). The molecule has 0 N–H and O–H groups in total. The fourth-order valence-electron chi connectivity index (χ4n) is 1.61. The van der Waals surface area contributed by atoms with Crippen LogP contribution in [0.1, 0.15) is 30.4 Å². The monoisotopic (exact) mass is 200 g/mol. The maximum absolute atomic E-state index is 8.90. The van der Waals surface area contributed by atoms with Crippen LogP contribution in [0.4, 0.5) is 0 Å². The van der Waals surface area contributed by atoms with Gasteiger partial charge in [-0.25, -0.2) is 9.50 Å². The van der Waals surface area contributed by atoms with E-state index in [0.29, 0.717) is 5.56 Å². The van der Waals surface area contributed by atoms with Crippen molar-refractivity contribution in [2.45, 2.75) is 26.7 Å². The number of aromatic nitrogens is 3. The van der Waals surface area contributed by atoms with Gasteiger partial charge in [0.15, 0.2) is 0 Å². The Morgan fingerprint density at radius 3 is 3.00 bits per heavy atom. The Hall–Kier alpha value is -1.89. The SMILES string of the molecule is CCCc1ncc2c(C#N)cc(C)n2n1. The van der Waals surface area contributed by atoms with E-state index >= 15 is 0 Å². The van der Waals surface area contributed by atoms with Gasteiger partial charge in [-0.15, -0.1) is 0 Å². The molecule has 0 aromatic carbocycles. The molecule has 0 aliphatic rings. The lowest BCUT2D eigenvalue weighted by molar-refractivity contribution is 0.755. The summed E-state index contributed by atoms with van der Waals surface area (Å²) in [7, 11) is 0. The van der Waals surface area contributed by atoms with Crippen molar-refractivity contribution in [2.24, 2.45) is 0 Å². The lowest BCUT2D eigenvalue weighted by atomic mass is 10.3. The Kier molecular flexibility index (Phi) is 2.38. The van der Waals surface area contributed by atoms with Gasteiger partial charge >= 0.3 is 0 Å². The summed E-state index contributed by atoms with van der Waals surface area (Å²) in [5.41, 5.74) is 2.40. The first-order valence-corrected chi connectivity index (χ1v) is 5.00. The highest BCUT2D eigenvalue weighted by molar-refractivity contribution is 5.61. The standard InChI is InChI=1S/C11H12N4/c1-3-4-11-13-7-10-9(6-12)5-8(2)15(10)14-11/h5,7H,3-4H2,1-2H3. The first-order valence-electron chi connectivity index (χ1n) is 5.00. The molecule has 0 saturated carbocycles. The third-order valence-corrected chi connectivity index (χ3v) is 2.34. The van der Waals surface area contributed by atoms with Crippen molar-refractivity contribution in [1.82, 2.24) is 14.6 Å². The summed E-state index contributed by atoms with van der Waals surface area (Å²) in [6, 6.07) is 3.97. The van der Waals surface area contributed by atoms with Crippen molar-refractivity contribution in [3.8, 4) is 6.07 Å². The van der Waals surface area contributed by atoms with Crippen LogP contribution in [0.25, 0.3) is 5.52 Å². The van der Waals surface area contributed by atoms with E-state index in [1.54, 1.807) is 10.7 Å². The number of nitriles is 1. The van der Waals surface area contributed by atoms with Crippen molar-refractivity contribution >= 4 is 5.52 Å².